The molecule has 1 aliphatic carbocycles. The van der Waals surface area contributed by atoms with Crippen LogP contribution in [0.25, 0.3) is 0 Å². The van der Waals surface area contributed by atoms with Crippen LogP contribution < -0.4 is 5.32 Å². The van der Waals surface area contributed by atoms with Crippen LogP contribution in [0.15, 0.2) is 12.1 Å². The highest BCUT2D eigenvalue weighted by Crippen LogP contribution is 2.45. The standard InChI is InChI=1S/C16H22F3NO/c1-10-5-6-13(21)15-12(9-11(2)14(10)15)20-8-4-3-7-16(17,18)19/h5-6,11-12,20-21H,3-4,7-9H2,1-2H3. The van der Waals surface area contributed by atoms with E-state index in [1.807, 2.05) is 13.0 Å². The molecule has 0 aliphatic heterocycles. The number of rotatable bonds is 5. The van der Waals surface area contributed by atoms with Crippen LogP contribution >= 0.6 is 0 Å². The molecule has 0 spiro atoms. The minimum atomic E-state index is -4.07. The molecule has 2 atom stereocenters. The summed E-state index contributed by atoms with van der Waals surface area (Å²) >= 11 is 0. The summed E-state index contributed by atoms with van der Waals surface area (Å²) in [6.45, 7) is 4.69. The Labute approximate surface area is 123 Å². The van der Waals surface area contributed by atoms with Crippen molar-refractivity contribution in [2.75, 3.05) is 6.54 Å². The van der Waals surface area contributed by atoms with Crippen molar-refractivity contribution in [3.05, 3.63) is 28.8 Å². The van der Waals surface area contributed by atoms with Crippen LogP contribution in [0.2, 0.25) is 0 Å². The SMILES string of the molecule is Cc1ccc(O)c2c1C(C)CC2NCCCCC(F)(F)F. The molecule has 2 N–H and O–H groups in total. The van der Waals surface area contributed by atoms with Crippen molar-refractivity contribution in [1.29, 1.82) is 0 Å². The zero-order valence-electron chi connectivity index (χ0n) is 12.4. The summed E-state index contributed by atoms with van der Waals surface area (Å²) in [6, 6.07) is 3.65. The van der Waals surface area contributed by atoms with Gasteiger partial charge in [0.25, 0.3) is 0 Å². The van der Waals surface area contributed by atoms with Crippen LogP contribution in [0.5, 0.6) is 5.75 Å². The average molecular weight is 301 g/mol. The van der Waals surface area contributed by atoms with E-state index in [9.17, 15) is 18.3 Å². The van der Waals surface area contributed by atoms with Gasteiger partial charge in [-0.05, 0) is 55.8 Å². The number of aromatic hydroxyl groups is 1. The average Bonchev–Trinajstić information content (AvgIpc) is 2.70. The summed E-state index contributed by atoms with van der Waals surface area (Å²) in [4.78, 5) is 0. The fourth-order valence-corrected chi connectivity index (χ4v) is 3.26. The van der Waals surface area contributed by atoms with Crippen molar-refractivity contribution in [2.24, 2.45) is 0 Å². The number of fused-ring (bicyclic) bond motifs is 1. The summed E-state index contributed by atoms with van der Waals surface area (Å²) in [5, 5.41) is 13.4. The number of alkyl halides is 3. The fraction of sp³-hybridized carbons (Fsp3) is 0.625. The lowest BCUT2D eigenvalue weighted by molar-refractivity contribution is -0.135. The van der Waals surface area contributed by atoms with Crippen molar-refractivity contribution >= 4 is 0 Å². The van der Waals surface area contributed by atoms with Gasteiger partial charge in [0.1, 0.15) is 5.75 Å². The molecule has 2 nitrogen and oxygen atoms in total. The first-order valence-electron chi connectivity index (χ1n) is 7.42. The molecule has 0 saturated heterocycles. The number of aryl methyl sites for hydroxylation is 1. The maximum Gasteiger partial charge on any atom is 0.389 e. The van der Waals surface area contributed by atoms with E-state index in [2.05, 4.69) is 12.2 Å². The third kappa shape index (κ3) is 3.90. The molecule has 0 heterocycles. The topological polar surface area (TPSA) is 32.3 Å². The molecule has 1 aliphatic rings. The van der Waals surface area contributed by atoms with Crippen LogP contribution in [0.1, 0.15) is 61.3 Å². The van der Waals surface area contributed by atoms with Crippen molar-refractivity contribution in [3.8, 4) is 5.75 Å². The maximum atomic E-state index is 12.1. The Kier molecular flexibility index (Phi) is 4.81. The molecule has 5 heteroatoms. The molecule has 0 saturated carbocycles. The molecule has 0 aromatic heterocycles. The number of hydrogen-bond donors (Lipinski definition) is 2. The highest BCUT2D eigenvalue weighted by Gasteiger charge is 2.31. The van der Waals surface area contributed by atoms with Gasteiger partial charge in [-0.3, -0.25) is 0 Å². The number of phenols is 1. The molecule has 118 valence electrons. The second-order valence-corrected chi connectivity index (χ2v) is 5.94. The molecule has 1 aromatic carbocycles. The summed E-state index contributed by atoms with van der Waals surface area (Å²) in [5.74, 6) is 0.646. The normalized spacial score (nSPS) is 21.6. The van der Waals surface area contributed by atoms with Crippen molar-refractivity contribution in [2.45, 2.75) is 57.7 Å². The Morgan fingerprint density at radius 2 is 1.95 bits per heavy atom. The second kappa shape index (κ2) is 6.26. The third-order valence-corrected chi connectivity index (χ3v) is 4.19. The maximum absolute atomic E-state index is 12.1. The first-order chi connectivity index (χ1) is 9.79. The summed E-state index contributed by atoms with van der Waals surface area (Å²) in [6.07, 6.45) is -3.27. The van der Waals surface area contributed by atoms with Crippen LogP contribution in [-0.2, 0) is 0 Å². The largest absolute Gasteiger partial charge is 0.508 e. The third-order valence-electron chi connectivity index (χ3n) is 4.19. The van der Waals surface area contributed by atoms with Crippen LogP contribution in [0.3, 0.4) is 0 Å². The molecular formula is C16H22F3NO. The number of unbranched alkanes of at least 4 members (excludes halogenated alkanes) is 1. The molecule has 0 radical (unpaired) electrons. The van der Waals surface area contributed by atoms with Gasteiger partial charge in [-0.25, -0.2) is 0 Å². The van der Waals surface area contributed by atoms with Gasteiger partial charge in [-0.2, -0.15) is 13.2 Å². The quantitative estimate of drug-likeness (QED) is 0.781. The van der Waals surface area contributed by atoms with E-state index in [0.717, 1.165) is 17.5 Å². The minimum Gasteiger partial charge on any atom is -0.508 e. The summed E-state index contributed by atoms with van der Waals surface area (Å²) in [5.41, 5.74) is 3.28. The van der Waals surface area contributed by atoms with Crippen molar-refractivity contribution in [3.63, 3.8) is 0 Å². The molecule has 1 aromatic rings. The zero-order valence-corrected chi connectivity index (χ0v) is 12.4. The predicted molar refractivity (Wildman–Crippen MR) is 76.5 cm³/mol. The summed E-state index contributed by atoms with van der Waals surface area (Å²) in [7, 11) is 0. The molecule has 2 unspecified atom stereocenters. The molecule has 2 rings (SSSR count). The summed E-state index contributed by atoms with van der Waals surface area (Å²) < 4.78 is 36.2. The molecule has 0 fully saturated rings. The van der Waals surface area contributed by atoms with E-state index in [4.69, 9.17) is 0 Å². The van der Waals surface area contributed by atoms with Gasteiger partial charge >= 0.3 is 6.18 Å². The lowest BCUT2D eigenvalue weighted by Crippen LogP contribution is -2.21. The molecule has 0 bridgehead atoms. The predicted octanol–water partition coefficient (Wildman–Crippen LogP) is 4.57. The molecule has 0 amide bonds. The van der Waals surface area contributed by atoms with E-state index < -0.39 is 12.6 Å². The monoisotopic (exact) mass is 301 g/mol. The molecular weight excluding hydrogens is 279 g/mol. The lowest BCUT2D eigenvalue weighted by Gasteiger charge is -2.16. The van der Waals surface area contributed by atoms with Gasteiger partial charge in [-0.15, -0.1) is 0 Å². The fourth-order valence-electron chi connectivity index (χ4n) is 3.26. The molecule has 21 heavy (non-hydrogen) atoms. The first kappa shape index (κ1) is 16.1. The number of benzene rings is 1. The number of nitrogens with one attached hydrogen (secondary N) is 1. The highest BCUT2D eigenvalue weighted by molar-refractivity contribution is 5.50. The van der Waals surface area contributed by atoms with E-state index >= 15 is 0 Å². The number of phenolic OH excluding ortho intramolecular Hbond substituents is 1. The van der Waals surface area contributed by atoms with E-state index in [1.165, 1.54) is 5.56 Å². The van der Waals surface area contributed by atoms with Crippen LogP contribution in [0, 0.1) is 6.92 Å². The Morgan fingerprint density at radius 3 is 2.62 bits per heavy atom. The van der Waals surface area contributed by atoms with Crippen molar-refractivity contribution in [1.82, 2.24) is 5.32 Å². The van der Waals surface area contributed by atoms with Gasteiger partial charge in [0.15, 0.2) is 0 Å². The van der Waals surface area contributed by atoms with Gasteiger partial charge < -0.3 is 10.4 Å². The number of halogens is 3. The van der Waals surface area contributed by atoms with Gasteiger partial charge in [0, 0.05) is 18.0 Å². The zero-order chi connectivity index (χ0) is 15.6. The van der Waals surface area contributed by atoms with E-state index in [0.29, 0.717) is 18.9 Å². The van der Waals surface area contributed by atoms with Gasteiger partial charge in [0.2, 0.25) is 0 Å². The Hall–Kier alpha value is -1.23. The van der Waals surface area contributed by atoms with Crippen LogP contribution in [-0.4, -0.2) is 17.8 Å². The minimum absolute atomic E-state index is 0.0424. The van der Waals surface area contributed by atoms with Gasteiger partial charge in [0.05, 0.1) is 0 Å². The van der Waals surface area contributed by atoms with Crippen molar-refractivity contribution < 1.29 is 18.3 Å². The van der Waals surface area contributed by atoms with Gasteiger partial charge in [-0.1, -0.05) is 13.0 Å². The van der Waals surface area contributed by atoms with E-state index in [1.54, 1.807) is 6.07 Å². The Morgan fingerprint density at radius 1 is 1.24 bits per heavy atom. The van der Waals surface area contributed by atoms with Crippen LogP contribution in [0.4, 0.5) is 13.2 Å². The highest BCUT2D eigenvalue weighted by atomic mass is 19.4. The smallest absolute Gasteiger partial charge is 0.389 e. The van der Waals surface area contributed by atoms with E-state index in [-0.39, 0.29) is 18.2 Å². The first-order valence-corrected chi connectivity index (χ1v) is 7.42. The Bertz CT molecular complexity index is 499. The second-order valence-electron chi connectivity index (χ2n) is 5.94. The number of hydrogen-bond acceptors (Lipinski definition) is 2. The lowest BCUT2D eigenvalue weighted by atomic mass is 9.97. The Balaban J connectivity index is 1.92.